The van der Waals surface area contributed by atoms with Crippen molar-refractivity contribution < 1.29 is 22.3 Å². The highest BCUT2D eigenvalue weighted by molar-refractivity contribution is 7.89. The van der Waals surface area contributed by atoms with Crippen LogP contribution in [0, 0.1) is 5.41 Å². The first-order valence-corrected chi connectivity index (χ1v) is 12.8. The molecule has 1 heterocycles. The van der Waals surface area contributed by atoms with Crippen LogP contribution in [0.3, 0.4) is 0 Å². The minimum absolute atomic E-state index is 0.242. The summed E-state index contributed by atoms with van der Waals surface area (Å²) in [4.78, 5) is 14.6. The van der Waals surface area contributed by atoms with Gasteiger partial charge in [-0.1, -0.05) is 48.5 Å². The summed E-state index contributed by atoms with van der Waals surface area (Å²) in [6.45, 7) is 2.73. The van der Waals surface area contributed by atoms with Crippen molar-refractivity contribution in [3.63, 3.8) is 0 Å². The second-order valence-electron chi connectivity index (χ2n) is 8.78. The number of hydrogen-bond acceptors (Lipinski definition) is 4. The molecule has 0 aromatic heterocycles. The van der Waals surface area contributed by atoms with Gasteiger partial charge in [0.25, 0.3) is 0 Å². The van der Waals surface area contributed by atoms with E-state index in [-0.39, 0.29) is 11.4 Å². The standard InChI is InChI=1S/C24H30FN3O4S/c1-3-26-23(29)28-15-24(12-13-24)22(27-33(30,31)16-25)20(28)14-18-10-7-11-19(21(18)32-2)17-8-5-4-6-9-17/h4-11,20,22,27H,3,12-16H2,1-2H3,(H,26,29)/t20-,22+/m0/s1. The third kappa shape index (κ3) is 4.70. The molecular weight excluding hydrogens is 445 g/mol. The number of amides is 2. The quantitative estimate of drug-likeness (QED) is 0.613. The van der Waals surface area contributed by atoms with E-state index in [2.05, 4.69) is 10.0 Å². The lowest BCUT2D eigenvalue weighted by molar-refractivity contribution is 0.189. The molecule has 0 unspecified atom stereocenters. The van der Waals surface area contributed by atoms with E-state index in [0.717, 1.165) is 29.5 Å². The summed E-state index contributed by atoms with van der Waals surface area (Å²) in [5.74, 6) is 0.684. The first-order chi connectivity index (χ1) is 15.8. The molecule has 1 saturated heterocycles. The second kappa shape index (κ2) is 9.30. The number of nitrogens with one attached hydrogen (secondary N) is 2. The van der Waals surface area contributed by atoms with Crippen LogP contribution in [-0.2, 0) is 16.4 Å². The molecule has 0 bridgehead atoms. The number of halogens is 1. The Bertz CT molecular complexity index is 1110. The molecule has 2 aliphatic rings. The number of carbonyl (C=O) groups excluding carboxylic acids is 1. The molecule has 1 saturated carbocycles. The number of hydrogen-bond donors (Lipinski definition) is 2. The topological polar surface area (TPSA) is 87.7 Å². The molecule has 1 aliphatic carbocycles. The molecule has 2 atom stereocenters. The zero-order valence-electron chi connectivity index (χ0n) is 18.9. The van der Waals surface area contributed by atoms with Crippen LogP contribution in [0.25, 0.3) is 11.1 Å². The molecule has 178 valence electrons. The highest BCUT2D eigenvalue weighted by Gasteiger charge is 2.61. The van der Waals surface area contributed by atoms with Gasteiger partial charge in [-0.3, -0.25) is 0 Å². The summed E-state index contributed by atoms with van der Waals surface area (Å²) in [5, 5.41) is 2.84. The second-order valence-corrected chi connectivity index (χ2v) is 10.5. The van der Waals surface area contributed by atoms with Crippen LogP contribution >= 0.6 is 0 Å². The highest BCUT2D eigenvalue weighted by Crippen LogP contribution is 2.55. The van der Waals surface area contributed by atoms with Gasteiger partial charge < -0.3 is 15.0 Å². The van der Waals surface area contributed by atoms with Crippen LogP contribution in [0.1, 0.15) is 25.3 Å². The minimum atomic E-state index is -4.09. The molecule has 2 aromatic carbocycles. The van der Waals surface area contributed by atoms with Gasteiger partial charge in [-0.15, -0.1) is 0 Å². The maximum absolute atomic E-state index is 13.2. The van der Waals surface area contributed by atoms with Crippen molar-refractivity contribution in [2.45, 2.75) is 38.3 Å². The van der Waals surface area contributed by atoms with Crippen LogP contribution < -0.4 is 14.8 Å². The van der Waals surface area contributed by atoms with E-state index in [1.807, 2.05) is 55.5 Å². The molecule has 7 nitrogen and oxygen atoms in total. The van der Waals surface area contributed by atoms with E-state index in [9.17, 15) is 17.6 Å². The number of benzene rings is 2. The van der Waals surface area contributed by atoms with Gasteiger partial charge >= 0.3 is 6.03 Å². The van der Waals surface area contributed by atoms with Gasteiger partial charge in [0, 0.05) is 30.1 Å². The van der Waals surface area contributed by atoms with Gasteiger partial charge in [0.1, 0.15) is 5.75 Å². The SMILES string of the molecule is CCNC(=O)N1CC2(CC2)[C@H](NS(=O)(=O)CF)[C@@H]1Cc1cccc(-c2ccccc2)c1OC. The Morgan fingerprint density at radius 2 is 1.91 bits per heavy atom. The lowest BCUT2D eigenvalue weighted by Gasteiger charge is -2.30. The maximum atomic E-state index is 13.2. The molecule has 33 heavy (non-hydrogen) atoms. The Morgan fingerprint density at radius 3 is 2.52 bits per heavy atom. The predicted octanol–water partition coefficient (Wildman–Crippen LogP) is 3.31. The van der Waals surface area contributed by atoms with Gasteiger partial charge in [-0.25, -0.2) is 22.3 Å². The number of nitrogens with zero attached hydrogens (tertiary/aromatic N) is 1. The van der Waals surface area contributed by atoms with Crippen molar-refractivity contribution in [3.05, 3.63) is 54.1 Å². The Labute approximate surface area is 194 Å². The zero-order chi connectivity index (χ0) is 23.6. The van der Waals surface area contributed by atoms with Gasteiger partial charge in [0.05, 0.1) is 13.2 Å². The lowest BCUT2D eigenvalue weighted by Crippen LogP contribution is -2.51. The number of carbonyl (C=O) groups is 1. The summed E-state index contributed by atoms with van der Waals surface area (Å²) in [6.07, 6.45) is 1.96. The van der Waals surface area contributed by atoms with Crippen LogP contribution in [0.4, 0.5) is 9.18 Å². The fourth-order valence-electron chi connectivity index (χ4n) is 4.96. The summed E-state index contributed by atoms with van der Waals surface area (Å²) in [6, 6.07) is 12.9. The number of para-hydroxylation sites is 1. The number of urea groups is 1. The maximum Gasteiger partial charge on any atom is 0.317 e. The third-order valence-electron chi connectivity index (χ3n) is 6.68. The highest BCUT2D eigenvalue weighted by atomic mass is 32.2. The van der Waals surface area contributed by atoms with E-state index < -0.39 is 28.1 Å². The number of ether oxygens (including phenoxy) is 1. The Hall–Kier alpha value is -2.65. The van der Waals surface area contributed by atoms with Crippen molar-refractivity contribution in [1.82, 2.24) is 14.9 Å². The van der Waals surface area contributed by atoms with Gasteiger partial charge in [0.15, 0.2) is 0 Å². The fraction of sp³-hybridized carbons (Fsp3) is 0.458. The zero-order valence-corrected chi connectivity index (χ0v) is 19.7. The summed E-state index contributed by atoms with van der Waals surface area (Å²) >= 11 is 0. The van der Waals surface area contributed by atoms with Crippen molar-refractivity contribution in [3.8, 4) is 16.9 Å². The molecule has 2 N–H and O–H groups in total. The fourth-order valence-corrected chi connectivity index (χ4v) is 5.82. The monoisotopic (exact) mass is 475 g/mol. The molecule has 2 fully saturated rings. The van der Waals surface area contributed by atoms with E-state index >= 15 is 0 Å². The molecule has 1 aliphatic heterocycles. The van der Waals surface area contributed by atoms with E-state index in [0.29, 0.717) is 25.3 Å². The van der Waals surface area contributed by atoms with Gasteiger partial charge in [0.2, 0.25) is 16.0 Å². The van der Waals surface area contributed by atoms with Gasteiger partial charge in [-0.2, -0.15) is 0 Å². The molecule has 2 aromatic rings. The average molecular weight is 476 g/mol. The van der Waals surface area contributed by atoms with E-state index in [1.165, 1.54) is 0 Å². The molecule has 4 rings (SSSR count). The lowest BCUT2D eigenvalue weighted by atomic mass is 9.91. The van der Waals surface area contributed by atoms with Crippen molar-refractivity contribution >= 4 is 16.1 Å². The number of rotatable bonds is 8. The van der Waals surface area contributed by atoms with E-state index in [1.54, 1.807) is 12.0 Å². The Kier molecular flexibility index (Phi) is 6.63. The summed E-state index contributed by atoms with van der Waals surface area (Å²) in [7, 11) is -2.49. The summed E-state index contributed by atoms with van der Waals surface area (Å²) < 4.78 is 46.0. The van der Waals surface area contributed by atoms with Gasteiger partial charge in [-0.05, 0) is 37.3 Å². The normalized spacial score (nSPS) is 21.2. The number of alkyl halides is 1. The molecule has 9 heteroatoms. The summed E-state index contributed by atoms with van der Waals surface area (Å²) in [5.41, 5.74) is 2.42. The minimum Gasteiger partial charge on any atom is -0.496 e. The van der Waals surface area contributed by atoms with Crippen molar-refractivity contribution in [2.24, 2.45) is 5.41 Å². The van der Waals surface area contributed by atoms with Crippen LogP contribution in [-0.4, -0.2) is 57.6 Å². The first kappa shape index (κ1) is 23.5. The van der Waals surface area contributed by atoms with Crippen LogP contribution in [0.5, 0.6) is 5.75 Å². The third-order valence-corrected chi connectivity index (χ3v) is 7.58. The van der Waals surface area contributed by atoms with Crippen molar-refractivity contribution in [2.75, 3.05) is 26.2 Å². The Morgan fingerprint density at radius 1 is 1.18 bits per heavy atom. The average Bonchev–Trinajstić information content (AvgIpc) is 3.55. The predicted molar refractivity (Wildman–Crippen MR) is 125 cm³/mol. The van der Waals surface area contributed by atoms with E-state index in [4.69, 9.17) is 4.74 Å². The molecule has 0 radical (unpaired) electrons. The number of methoxy groups -OCH3 is 1. The molecule has 1 spiro atoms. The molecule has 2 amide bonds. The van der Waals surface area contributed by atoms with Crippen LogP contribution in [0.2, 0.25) is 0 Å². The first-order valence-electron chi connectivity index (χ1n) is 11.2. The molecular formula is C24H30FN3O4S. The van der Waals surface area contributed by atoms with Crippen molar-refractivity contribution in [1.29, 1.82) is 0 Å². The smallest absolute Gasteiger partial charge is 0.317 e. The van der Waals surface area contributed by atoms with Crippen LogP contribution in [0.15, 0.2) is 48.5 Å². The largest absolute Gasteiger partial charge is 0.496 e. The number of likely N-dealkylation sites (tertiary alicyclic amines) is 1. The Balaban J connectivity index is 1.73. The number of sulfonamides is 1.